The van der Waals surface area contributed by atoms with Crippen LogP contribution in [0.1, 0.15) is 38.2 Å². The maximum atomic E-state index is 12.6. The average molecular weight is 374 g/mol. The molecular formula is C19H22N2O4S. The summed E-state index contributed by atoms with van der Waals surface area (Å²) < 4.78 is 27.8. The van der Waals surface area contributed by atoms with Crippen LogP contribution in [0.15, 0.2) is 47.4 Å². The van der Waals surface area contributed by atoms with Gasteiger partial charge in [-0.15, -0.1) is 0 Å². The van der Waals surface area contributed by atoms with Gasteiger partial charge in [0.1, 0.15) is 0 Å². The van der Waals surface area contributed by atoms with Crippen molar-refractivity contribution in [3.05, 3.63) is 58.1 Å². The van der Waals surface area contributed by atoms with Crippen LogP contribution in [0, 0.1) is 10.1 Å². The number of nitro benzene ring substituents is 1. The predicted octanol–water partition coefficient (Wildman–Crippen LogP) is 4.05. The van der Waals surface area contributed by atoms with Gasteiger partial charge in [0.05, 0.1) is 15.4 Å². The Balaban J connectivity index is 1.97. The number of hydrogen-bond acceptors (Lipinski definition) is 4. The molecule has 0 radical (unpaired) electrons. The Labute approximate surface area is 153 Å². The zero-order valence-corrected chi connectivity index (χ0v) is 15.5. The summed E-state index contributed by atoms with van der Waals surface area (Å²) in [5, 5.41) is 11.5. The molecule has 0 spiro atoms. The van der Waals surface area contributed by atoms with E-state index < -0.39 is 14.9 Å². The maximum absolute atomic E-state index is 12.6. The van der Waals surface area contributed by atoms with Gasteiger partial charge in [-0.05, 0) is 42.5 Å². The minimum atomic E-state index is -3.76. The second kappa shape index (κ2) is 7.55. The molecule has 2 aromatic carbocycles. The van der Waals surface area contributed by atoms with Crippen LogP contribution < -0.4 is 4.72 Å². The third kappa shape index (κ3) is 3.94. The molecule has 1 fully saturated rings. The maximum Gasteiger partial charge on any atom is 0.278 e. The van der Waals surface area contributed by atoms with Crippen molar-refractivity contribution < 1.29 is 13.3 Å². The highest BCUT2D eigenvalue weighted by Gasteiger charge is 2.26. The van der Waals surface area contributed by atoms with Gasteiger partial charge < -0.3 is 0 Å². The summed E-state index contributed by atoms with van der Waals surface area (Å²) in [5.41, 5.74) is 2.04. The number of rotatable bonds is 6. The van der Waals surface area contributed by atoms with E-state index in [9.17, 15) is 18.5 Å². The molecule has 0 bridgehead atoms. The Kier molecular flexibility index (Phi) is 5.38. The van der Waals surface area contributed by atoms with Crippen molar-refractivity contribution in [2.75, 3.05) is 0 Å². The van der Waals surface area contributed by atoms with Gasteiger partial charge in [-0.2, -0.15) is 0 Å². The fourth-order valence-electron chi connectivity index (χ4n) is 3.32. The molecule has 2 aromatic rings. The molecule has 3 rings (SSSR count). The molecule has 0 amide bonds. The minimum absolute atomic E-state index is 0.0648. The zero-order valence-electron chi connectivity index (χ0n) is 14.6. The molecule has 1 aliphatic rings. The lowest BCUT2D eigenvalue weighted by molar-refractivity contribution is -0.384. The Bertz CT molecular complexity index is 902. The van der Waals surface area contributed by atoms with Crippen LogP contribution in [-0.4, -0.2) is 19.4 Å². The van der Waals surface area contributed by atoms with Gasteiger partial charge in [-0.25, -0.2) is 13.1 Å². The molecule has 1 saturated carbocycles. The van der Waals surface area contributed by atoms with Crippen LogP contribution in [0.2, 0.25) is 0 Å². The van der Waals surface area contributed by atoms with E-state index in [1.165, 1.54) is 12.1 Å². The number of benzene rings is 2. The smallest absolute Gasteiger partial charge is 0.258 e. The molecular weight excluding hydrogens is 352 g/mol. The molecule has 1 aliphatic carbocycles. The second-order valence-electron chi connectivity index (χ2n) is 6.59. The molecule has 0 aromatic heterocycles. The Morgan fingerprint density at radius 2 is 1.77 bits per heavy atom. The number of nitrogens with one attached hydrogen (secondary N) is 1. The minimum Gasteiger partial charge on any atom is -0.258 e. The first kappa shape index (κ1) is 18.5. The molecule has 0 aliphatic heterocycles. The first-order chi connectivity index (χ1) is 12.4. The molecule has 26 heavy (non-hydrogen) atoms. The van der Waals surface area contributed by atoms with Gasteiger partial charge >= 0.3 is 0 Å². The van der Waals surface area contributed by atoms with Crippen LogP contribution in [0.3, 0.4) is 0 Å². The Hall–Kier alpha value is -2.25. The fourth-order valence-corrected chi connectivity index (χ4v) is 4.65. The molecule has 0 heterocycles. The standard InChI is InChI=1S/C19H22N2O4S/c1-2-14-7-9-15(10-8-14)18-12-11-17(13-19(18)21(22)23)26(24,25)20-16-5-3-4-6-16/h7-13,16,20H,2-6H2,1H3. The summed E-state index contributed by atoms with van der Waals surface area (Å²) >= 11 is 0. The van der Waals surface area contributed by atoms with Crippen LogP contribution >= 0.6 is 0 Å². The van der Waals surface area contributed by atoms with E-state index in [1.54, 1.807) is 0 Å². The van der Waals surface area contributed by atoms with Crippen LogP contribution in [0.4, 0.5) is 5.69 Å². The van der Waals surface area contributed by atoms with Crippen molar-refractivity contribution in [3.8, 4) is 11.1 Å². The largest absolute Gasteiger partial charge is 0.278 e. The van der Waals surface area contributed by atoms with E-state index >= 15 is 0 Å². The quantitative estimate of drug-likeness (QED) is 0.610. The molecule has 138 valence electrons. The zero-order chi connectivity index (χ0) is 18.7. The highest BCUT2D eigenvalue weighted by atomic mass is 32.2. The summed E-state index contributed by atoms with van der Waals surface area (Å²) in [7, 11) is -3.76. The van der Waals surface area contributed by atoms with Gasteiger partial charge in [0.15, 0.2) is 0 Å². The van der Waals surface area contributed by atoms with Crippen molar-refractivity contribution in [1.29, 1.82) is 0 Å². The molecule has 0 unspecified atom stereocenters. The normalized spacial score (nSPS) is 15.3. The number of nitro groups is 1. The van der Waals surface area contributed by atoms with Crippen molar-refractivity contribution in [2.24, 2.45) is 0 Å². The third-order valence-corrected chi connectivity index (χ3v) is 6.34. The Morgan fingerprint density at radius 3 is 2.35 bits per heavy atom. The van der Waals surface area contributed by atoms with Crippen LogP contribution in [-0.2, 0) is 16.4 Å². The molecule has 7 heteroatoms. The summed E-state index contributed by atoms with van der Waals surface area (Å²) in [6.45, 7) is 2.04. The fraction of sp³-hybridized carbons (Fsp3) is 0.368. The van der Waals surface area contributed by atoms with Crippen molar-refractivity contribution in [3.63, 3.8) is 0 Å². The summed E-state index contributed by atoms with van der Waals surface area (Å²) in [4.78, 5) is 10.9. The SMILES string of the molecule is CCc1ccc(-c2ccc(S(=O)(=O)NC3CCCC3)cc2[N+](=O)[O-])cc1. The number of aryl methyl sites for hydroxylation is 1. The van der Waals surface area contributed by atoms with Crippen LogP contribution in [0.5, 0.6) is 0 Å². The summed E-state index contributed by atoms with van der Waals surface area (Å²) in [6.07, 6.45) is 4.50. The van der Waals surface area contributed by atoms with E-state index in [0.717, 1.165) is 43.7 Å². The van der Waals surface area contributed by atoms with E-state index in [2.05, 4.69) is 4.72 Å². The first-order valence-corrected chi connectivity index (χ1v) is 10.3. The van der Waals surface area contributed by atoms with E-state index in [1.807, 2.05) is 31.2 Å². The van der Waals surface area contributed by atoms with E-state index in [0.29, 0.717) is 11.1 Å². The van der Waals surface area contributed by atoms with Gasteiger partial charge in [0.25, 0.3) is 5.69 Å². The highest BCUT2D eigenvalue weighted by molar-refractivity contribution is 7.89. The summed E-state index contributed by atoms with van der Waals surface area (Å²) in [6, 6.07) is 11.5. The lowest BCUT2D eigenvalue weighted by Gasteiger charge is -2.13. The number of hydrogen-bond donors (Lipinski definition) is 1. The second-order valence-corrected chi connectivity index (χ2v) is 8.30. The van der Waals surface area contributed by atoms with Crippen molar-refractivity contribution >= 4 is 15.7 Å². The molecule has 1 N–H and O–H groups in total. The average Bonchev–Trinajstić information content (AvgIpc) is 3.13. The third-order valence-electron chi connectivity index (χ3n) is 4.83. The number of sulfonamides is 1. The lowest BCUT2D eigenvalue weighted by Crippen LogP contribution is -2.32. The number of nitrogens with zero attached hydrogens (tertiary/aromatic N) is 1. The lowest BCUT2D eigenvalue weighted by atomic mass is 10.0. The van der Waals surface area contributed by atoms with Gasteiger partial charge in [0, 0.05) is 12.1 Å². The molecule has 0 saturated heterocycles. The van der Waals surface area contributed by atoms with E-state index in [4.69, 9.17) is 0 Å². The summed E-state index contributed by atoms with van der Waals surface area (Å²) in [5.74, 6) is 0. The Morgan fingerprint density at radius 1 is 1.12 bits per heavy atom. The van der Waals surface area contributed by atoms with Crippen LogP contribution in [0.25, 0.3) is 11.1 Å². The van der Waals surface area contributed by atoms with Gasteiger partial charge in [0.2, 0.25) is 10.0 Å². The van der Waals surface area contributed by atoms with Gasteiger partial charge in [-0.1, -0.05) is 44.0 Å². The van der Waals surface area contributed by atoms with Crippen molar-refractivity contribution in [2.45, 2.75) is 50.0 Å². The predicted molar refractivity (Wildman–Crippen MR) is 100 cm³/mol. The monoisotopic (exact) mass is 374 g/mol. The first-order valence-electron chi connectivity index (χ1n) is 8.81. The van der Waals surface area contributed by atoms with E-state index in [-0.39, 0.29) is 16.6 Å². The van der Waals surface area contributed by atoms with Gasteiger partial charge in [-0.3, -0.25) is 10.1 Å². The van der Waals surface area contributed by atoms with Crippen molar-refractivity contribution in [1.82, 2.24) is 4.72 Å². The molecule has 6 nitrogen and oxygen atoms in total. The topological polar surface area (TPSA) is 89.3 Å². The highest BCUT2D eigenvalue weighted by Crippen LogP contribution is 2.32. The molecule has 0 atom stereocenters.